The number of hydrogen-bond acceptors (Lipinski definition) is 3. The Morgan fingerprint density at radius 2 is 2.10 bits per heavy atom. The molecule has 1 aromatic carbocycles. The second kappa shape index (κ2) is 6.30. The summed E-state index contributed by atoms with van der Waals surface area (Å²) in [6.45, 7) is 3.41. The molecule has 0 radical (unpaired) electrons. The summed E-state index contributed by atoms with van der Waals surface area (Å²) >= 11 is 3.37. The van der Waals surface area contributed by atoms with Crippen LogP contribution >= 0.6 is 15.9 Å². The highest BCUT2D eigenvalue weighted by molar-refractivity contribution is 9.10. The van der Waals surface area contributed by atoms with E-state index in [-0.39, 0.29) is 12.5 Å². The maximum atomic E-state index is 12.2. The van der Waals surface area contributed by atoms with Gasteiger partial charge in [0.2, 0.25) is 0 Å². The molecule has 0 fully saturated rings. The quantitative estimate of drug-likeness (QED) is 0.871. The molecule has 2 rings (SSSR count). The van der Waals surface area contributed by atoms with E-state index in [0.717, 1.165) is 15.8 Å². The number of carboxylic acid groups (broad SMARTS) is 1. The molecule has 0 spiro atoms. The largest absolute Gasteiger partial charge is 0.488 e. The number of carbonyl (C=O) groups is 2. The average Bonchev–Trinajstić information content (AvgIpc) is 2.45. The fourth-order valence-corrected chi connectivity index (χ4v) is 2.30. The molecule has 0 saturated heterocycles. The van der Waals surface area contributed by atoms with Crippen LogP contribution in [0, 0.1) is 5.92 Å². The molecule has 0 bridgehead atoms. The molecule has 6 heteroatoms. The zero-order chi connectivity index (χ0) is 15.6. The molecule has 0 aliphatic carbocycles. The van der Waals surface area contributed by atoms with Crippen LogP contribution in [0.3, 0.4) is 0 Å². The van der Waals surface area contributed by atoms with E-state index in [4.69, 9.17) is 9.84 Å². The Kier molecular flexibility index (Phi) is 4.67. The molecule has 0 saturated carbocycles. The van der Waals surface area contributed by atoms with Crippen molar-refractivity contribution >= 4 is 33.9 Å². The fourth-order valence-electron chi connectivity index (χ4n) is 1.92. The van der Waals surface area contributed by atoms with Crippen molar-refractivity contribution in [3.63, 3.8) is 0 Å². The molecule has 1 aliphatic heterocycles. The van der Waals surface area contributed by atoms with Gasteiger partial charge in [-0.1, -0.05) is 15.9 Å². The van der Waals surface area contributed by atoms with E-state index < -0.39 is 17.9 Å². The summed E-state index contributed by atoms with van der Waals surface area (Å²) in [6, 6.07) is 5.11. The lowest BCUT2D eigenvalue weighted by Gasteiger charge is -2.21. The highest BCUT2D eigenvalue weighted by Gasteiger charge is 2.24. The van der Waals surface area contributed by atoms with Crippen LogP contribution in [0.4, 0.5) is 0 Å². The first-order valence-electron chi connectivity index (χ1n) is 6.55. The number of benzene rings is 1. The normalized spacial score (nSPS) is 16.0. The predicted molar refractivity (Wildman–Crippen MR) is 82.0 cm³/mol. The molecule has 1 heterocycles. The van der Waals surface area contributed by atoms with Gasteiger partial charge in [-0.15, -0.1) is 0 Å². The second-order valence-electron chi connectivity index (χ2n) is 5.03. The first kappa shape index (κ1) is 15.6. The van der Waals surface area contributed by atoms with Crippen LogP contribution in [0.1, 0.15) is 19.4 Å². The Balaban J connectivity index is 2.12. The standard InChI is InChI=1S/C15H16BrNO4/c1-8(15(19)20)9(2)17-14(18)11-5-10-6-12(16)3-4-13(10)21-7-11/h3-6,8-9H,7H2,1-2H3,(H,17,18)(H,19,20). The predicted octanol–water partition coefficient (Wildman–Crippen LogP) is 2.45. The molecule has 112 valence electrons. The third-order valence-electron chi connectivity index (χ3n) is 3.47. The number of hydrogen-bond donors (Lipinski definition) is 2. The fraction of sp³-hybridized carbons (Fsp3) is 0.333. The maximum absolute atomic E-state index is 12.2. The smallest absolute Gasteiger partial charge is 0.308 e. The molecular formula is C15H16BrNO4. The van der Waals surface area contributed by atoms with Gasteiger partial charge in [-0.05, 0) is 38.1 Å². The molecular weight excluding hydrogens is 338 g/mol. The topological polar surface area (TPSA) is 75.6 Å². The second-order valence-corrected chi connectivity index (χ2v) is 5.95. The van der Waals surface area contributed by atoms with Gasteiger partial charge < -0.3 is 15.2 Å². The Labute approximate surface area is 131 Å². The Bertz CT molecular complexity index is 612. The van der Waals surface area contributed by atoms with Crippen LogP contribution in [-0.4, -0.2) is 29.6 Å². The van der Waals surface area contributed by atoms with Crippen molar-refractivity contribution in [2.75, 3.05) is 6.61 Å². The van der Waals surface area contributed by atoms with Crippen molar-refractivity contribution in [1.29, 1.82) is 0 Å². The lowest BCUT2D eigenvalue weighted by Crippen LogP contribution is -2.41. The van der Waals surface area contributed by atoms with Gasteiger partial charge in [0.15, 0.2) is 0 Å². The van der Waals surface area contributed by atoms with Crippen LogP contribution in [0.5, 0.6) is 5.75 Å². The first-order valence-corrected chi connectivity index (χ1v) is 7.34. The summed E-state index contributed by atoms with van der Waals surface area (Å²) in [4.78, 5) is 23.1. The van der Waals surface area contributed by atoms with E-state index in [1.807, 2.05) is 18.2 Å². The van der Waals surface area contributed by atoms with Gasteiger partial charge in [-0.2, -0.15) is 0 Å². The number of aliphatic carboxylic acids is 1. The Morgan fingerprint density at radius 1 is 1.38 bits per heavy atom. The molecule has 0 aromatic heterocycles. The SMILES string of the molecule is CC(NC(=O)C1=Cc2cc(Br)ccc2OC1)C(C)C(=O)O. The number of ether oxygens (including phenoxy) is 1. The van der Waals surface area contributed by atoms with E-state index in [0.29, 0.717) is 5.57 Å². The zero-order valence-corrected chi connectivity index (χ0v) is 13.3. The number of fused-ring (bicyclic) bond motifs is 1. The lowest BCUT2D eigenvalue weighted by molar-refractivity contribution is -0.142. The minimum absolute atomic E-state index is 0.175. The molecule has 21 heavy (non-hydrogen) atoms. The monoisotopic (exact) mass is 353 g/mol. The molecule has 2 N–H and O–H groups in total. The number of amides is 1. The molecule has 5 nitrogen and oxygen atoms in total. The Morgan fingerprint density at radius 3 is 2.76 bits per heavy atom. The van der Waals surface area contributed by atoms with Crippen LogP contribution < -0.4 is 10.1 Å². The highest BCUT2D eigenvalue weighted by atomic mass is 79.9. The number of carbonyl (C=O) groups excluding carboxylic acids is 1. The van der Waals surface area contributed by atoms with E-state index >= 15 is 0 Å². The van der Waals surface area contributed by atoms with Crippen molar-refractivity contribution in [2.24, 2.45) is 5.92 Å². The first-order chi connectivity index (χ1) is 9.88. The number of rotatable bonds is 4. The number of halogens is 1. The minimum Gasteiger partial charge on any atom is -0.488 e. The van der Waals surface area contributed by atoms with E-state index in [1.54, 1.807) is 19.9 Å². The van der Waals surface area contributed by atoms with Crippen molar-refractivity contribution in [2.45, 2.75) is 19.9 Å². The molecule has 1 aliphatic rings. The van der Waals surface area contributed by atoms with Crippen molar-refractivity contribution in [1.82, 2.24) is 5.32 Å². The van der Waals surface area contributed by atoms with E-state index in [9.17, 15) is 9.59 Å². The molecule has 1 aromatic rings. The van der Waals surface area contributed by atoms with E-state index in [1.165, 1.54) is 0 Å². The number of nitrogens with one attached hydrogen (secondary N) is 1. The summed E-state index contributed by atoms with van der Waals surface area (Å²) in [6.07, 6.45) is 1.76. The summed E-state index contributed by atoms with van der Waals surface area (Å²) in [5, 5.41) is 11.6. The van der Waals surface area contributed by atoms with Gasteiger partial charge in [0.25, 0.3) is 5.91 Å². The highest BCUT2D eigenvalue weighted by Crippen LogP contribution is 2.29. The van der Waals surface area contributed by atoms with Gasteiger partial charge >= 0.3 is 5.97 Å². The molecule has 1 amide bonds. The van der Waals surface area contributed by atoms with Crippen LogP contribution in [-0.2, 0) is 9.59 Å². The van der Waals surface area contributed by atoms with Crippen molar-refractivity contribution in [3.05, 3.63) is 33.8 Å². The summed E-state index contributed by atoms with van der Waals surface area (Å²) in [5.41, 5.74) is 1.30. The van der Waals surface area contributed by atoms with Crippen LogP contribution in [0.2, 0.25) is 0 Å². The lowest BCUT2D eigenvalue weighted by atomic mass is 10.0. The zero-order valence-electron chi connectivity index (χ0n) is 11.7. The van der Waals surface area contributed by atoms with Gasteiger partial charge in [-0.25, -0.2) is 0 Å². The van der Waals surface area contributed by atoms with Crippen LogP contribution in [0.15, 0.2) is 28.2 Å². The maximum Gasteiger partial charge on any atom is 0.308 e. The number of carboxylic acids is 1. The van der Waals surface area contributed by atoms with E-state index in [2.05, 4.69) is 21.2 Å². The molecule has 2 atom stereocenters. The van der Waals surface area contributed by atoms with Gasteiger partial charge in [0.1, 0.15) is 12.4 Å². The van der Waals surface area contributed by atoms with Gasteiger partial charge in [0.05, 0.1) is 11.5 Å². The van der Waals surface area contributed by atoms with Gasteiger partial charge in [0, 0.05) is 16.1 Å². The summed E-state index contributed by atoms with van der Waals surface area (Å²) < 4.78 is 6.43. The van der Waals surface area contributed by atoms with Gasteiger partial charge in [-0.3, -0.25) is 9.59 Å². The third-order valence-corrected chi connectivity index (χ3v) is 3.97. The summed E-state index contributed by atoms with van der Waals surface area (Å²) in [7, 11) is 0. The average molecular weight is 354 g/mol. The van der Waals surface area contributed by atoms with Crippen LogP contribution in [0.25, 0.3) is 6.08 Å². The third kappa shape index (κ3) is 3.64. The minimum atomic E-state index is -0.939. The van der Waals surface area contributed by atoms with Crippen molar-refractivity contribution < 1.29 is 19.4 Å². The Hall–Kier alpha value is -1.82. The molecule has 2 unspecified atom stereocenters. The van der Waals surface area contributed by atoms with Crippen molar-refractivity contribution in [3.8, 4) is 5.75 Å². The summed E-state index contributed by atoms with van der Waals surface area (Å²) in [5.74, 6) is -1.17.